The third kappa shape index (κ3) is 5.32. The average molecular weight is 331 g/mol. The van der Waals surface area contributed by atoms with Crippen LogP contribution in [0, 0.1) is 19.7 Å². The maximum atomic E-state index is 13.0. The van der Waals surface area contributed by atoms with E-state index in [9.17, 15) is 9.50 Å². The second-order valence-corrected chi connectivity index (χ2v) is 6.46. The number of halogens is 1. The molecule has 0 bridgehead atoms. The summed E-state index contributed by atoms with van der Waals surface area (Å²) in [5, 5.41) is 10.2. The molecule has 1 N–H and O–H groups in total. The normalized spacial score (nSPS) is 13.8. The van der Waals surface area contributed by atoms with Crippen molar-refractivity contribution >= 4 is 0 Å². The Bertz CT molecular complexity index is 637. The van der Waals surface area contributed by atoms with Crippen molar-refractivity contribution in [1.29, 1.82) is 0 Å². The molecule has 0 saturated heterocycles. The van der Waals surface area contributed by atoms with Crippen LogP contribution in [0.25, 0.3) is 0 Å². The highest BCUT2D eigenvalue weighted by Gasteiger charge is 2.16. The van der Waals surface area contributed by atoms with E-state index in [4.69, 9.17) is 4.74 Å². The number of ether oxygens (including phenoxy) is 1. The number of aryl methyl sites for hydroxylation is 2. The molecule has 0 fully saturated rings. The van der Waals surface area contributed by atoms with E-state index in [1.807, 2.05) is 44.9 Å². The van der Waals surface area contributed by atoms with E-state index in [0.717, 1.165) is 22.4 Å². The Labute approximate surface area is 143 Å². The number of hydrogen-bond acceptors (Lipinski definition) is 3. The summed E-state index contributed by atoms with van der Waals surface area (Å²) in [6.07, 6.45) is -0.598. The predicted molar refractivity (Wildman–Crippen MR) is 94.9 cm³/mol. The molecule has 0 aliphatic carbocycles. The minimum absolute atomic E-state index is 0.0847. The van der Waals surface area contributed by atoms with Gasteiger partial charge in [-0.05, 0) is 68.8 Å². The fourth-order valence-corrected chi connectivity index (χ4v) is 2.75. The fourth-order valence-electron chi connectivity index (χ4n) is 2.75. The van der Waals surface area contributed by atoms with Crippen LogP contribution in [0.5, 0.6) is 5.75 Å². The monoisotopic (exact) mass is 331 g/mol. The molecular weight excluding hydrogens is 305 g/mol. The minimum Gasteiger partial charge on any atom is -0.491 e. The van der Waals surface area contributed by atoms with Crippen LogP contribution in [-0.4, -0.2) is 36.3 Å². The van der Waals surface area contributed by atoms with Gasteiger partial charge in [-0.2, -0.15) is 0 Å². The zero-order valence-corrected chi connectivity index (χ0v) is 14.8. The van der Waals surface area contributed by atoms with Crippen LogP contribution in [0.1, 0.15) is 29.7 Å². The molecule has 0 saturated carbocycles. The van der Waals surface area contributed by atoms with E-state index in [1.54, 1.807) is 12.1 Å². The highest BCUT2D eigenvalue weighted by atomic mass is 19.1. The Morgan fingerprint density at radius 1 is 1.08 bits per heavy atom. The van der Waals surface area contributed by atoms with Gasteiger partial charge in [0.25, 0.3) is 0 Å². The van der Waals surface area contributed by atoms with Gasteiger partial charge in [0.1, 0.15) is 24.3 Å². The van der Waals surface area contributed by atoms with Crippen molar-refractivity contribution in [3.8, 4) is 5.75 Å². The molecule has 2 aromatic carbocycles. The average Bonchev–Trinajstić information content (AvgIpc) is 2.52. The Kier molecular flexibility index (Phi) is 6.35. The second-order valence-electron chi connectivity index (χ2n) is 6.46. The minimum atomic E-state index is -0.598. The van der Waals surface area contributed by atoms with Crippen molar-refractivity contribution in [2.75, 3.05) is 20.2 Å². The Balaban J connectivity index is 1.86. The van der Waals surface area contributed by atoms with Crippen LogP contribution >= 0.6 is 0 Å². The van der Waals surface area contributed by atoms with E-state index in [1.165, 1.54) is 12.1 Å². The van der Waals surface area contributed by atoms with Gasteiger partial charge in [0.15, 0.2) is 0 Å². The number of rotatable bonds is 7. The van der Waals surface area contributed by atoms with Gasteiger partial charge >= 0.3 is 0 Å². The molecule has 0 aliphatic rings. The molecule has 0 aliphatic heterocycles. The molecule has 2 rings (SSSR count). The third-order valence-corrected chi connectivity index (χ3v) is 4.15. The van der Waals surface area contributed by atoms with E-state index < -0.39 is 6.10 Å². The first kappa shape index (κ1) is 18.4. The maximum absolute atomic E-state index is 13.0. The molecule has 2 unspecified atom stereocenters. The first-order chi connectivity index (χ1) is 11.3. The SMILES string of the molecule is Cc1cc(C)cc(OCC(O)CN(C)C(C)c2ccc(F)cc2)c1. The van der Waals surface area contributed by atoms with Crippen LogP contribution < -0.4 is 4.74 Å². The van der Waals surface area contributed by atoms with Crippen LogP contribution in [-0.2, 0) is 0 Å². The van der Waals surface area contributed by atoms with Crippen LogP contribution in [0.15, 0.2) is 42.5 Å². The smallest absolute Gasteiger partial charge is 0.123 e. The van der Waals surface area contributed by atoms with Gasteiger partial charge in [-0.3, -0.25) is 4.90 Å². The van der Waals surface area contributed by atoms with E-state index >= 15 is 0 Å². The first-order valence-electron chi connectivity index (χ1n) is 8.20. The number of aliphatic hydroxyl groups excluding tert-OH is 1. The molecule has 2 aromatic rings. The van der Waals surface area contributed by atoms with Crippen molar-refractivity contribution in [1.82, 2.24) is 4.90 Å². The molecule has 4 heteroatoms. The van der Waals surface area contributed by atoms with Crippen LogP contribution in [0.3, 0.4) is 0 Å². The quantitative estimate of drug-likeness (QED) is 0.836. The lowest BCUT2D eigenvalue weighted by Gasteiger charge is -2.27. The predicted octanol–water partition coefficient (Wildman–Crippen LogP) is 3.88. The standard InChI is InChI=1S/C20H26FNO2/c1-14-9-15(2)11-20(10-14)24-13-19(23)12-22(4)16(3)17-5-7-18(21)8-6-17/h5-11,16,19,23H,12-13H2,1-4H3. The van der Waals surface area contributed by atoms with E-state index in [0.29, 0.717) is 6.54 Å². The summed E-state index contributed by atoms with van der Waals surface area (Å²) in [5.41, 5.74) is 3.30. The lowest BCUT2D eigenvalue weighted by atomic mass is 10.1. The van der Waals surface area contributed by atoms with Gasteiger partial charge < -0.3 is 9.84 Å². The van der Waals surface area contributed by atoms with Crippen molar-refractivity contribution < 1.29 is 14.2 Å². The summed E-state index contributed by atoms with van der Waals surface area (Å²) in [6, 6.07) is 12.6. The highest BCUT2D eigenvalue weighted by Crippen LogP contribution is 2.20. The molecule has 2 atom stereocenters. The van der Waals surface area contributed by atoms with Gasteiger partial charge in [0, 0.05) is 12.6 Å². The zero-order valence-electron chi connectivity index (χ0n) is 14.8. The molecule has 3 nitrogen and oxygen atoms in total. The van der Waals surface area contributed by atoms with Gasteiger partial charge in [0.2, 0.25) is 0 Å². The zero-order chi connectivity index (χ0) is 17.7. The van der Waals surface area contributed by atoms with E-state index in [-0.39, 0.29) is 18.5 Å². The van der Waals surface area contributed by atoms with Gasteiger partial charge in [0.05, 0.1) is 0 Å². The van der Waals surface area contributed by atoms with E-state index in [2.05, 4.69) is 6.07 Å². The molecule has 0 heterocycles. The molecule has 0 spiro atoms. The van der Waals surface area contributed by atoms with Crippen molar-refractivity contribution in [3.63, 3.8) is 0 Å². The number of likely N-dealkylation sites (N-methyl/N-ethyl adjacent to an activating group) is 1. The number of aliphatic hydroxyl groups is 1. The molecule has 0 radical (unpaired) electrons. The van der Waals surface area contributed by atoms with Crippen molar-refractivity contribution in [3.05, 3.63) is 65.0 Å². The Morgan fingerprint density at radius 2 is 1.67 bits per heavy atom. The second kappa shape index (κ2) is 8.27. The summed E-state index contributed by atoms with van der Waals surface area (Å²) >= 11 is 0. The molecule has 130 valence electrons. The van der Waals surface area contributed by atoms with Crippen molar-refractivity contribution in [2.24, 2.45) is 0 Å². The molecule has 24 heavy (non-hydrogen) atoms. The Morgan fingerprint density at radius 3 is 2.25 bits per heavy atom. The number of nitrogens with zero attached hydrogens (tertiary/aromatic N) is 1. The first-order valence-corrected chi connectivity index (χ1v) is 8.20. The summed E-state index contributed by atoms with van der Waals surface area (Å²) in [4.78, 5) is 2.03. The number of benzene rings is 2. The number of hydrogen-bond donors (Lipinski definition) is 1. The fraction of sp³-hybridized carbons (Fsp3) is 0.400. The lowest BCUT2D eigenvalue weighted by Crippen LogP contribution is -2.34. The van der Waals surface area contributed by atoms with Gasteiger partial charge in [-0.25, -0.2) is 4.39 Å². The summed E-state index contributed by atoms with van der Waals surface area (Å²) < 4.78 is 18.7. The topological polar surface area (TPSA) is 32.7 Å². The summed E-state index contributed by atoms with van der Waals surface area (Å²) in [6.45, 7) is 6.79. The van der Waals surface area contributed by atoms with Crippen molar-refractivity contribution in [2.45, 2.75) is 32.9 Å². The Hall–Kier alpha value is -1.91. The lowest BCUT2D eigenvalue weighted by molar-refractivity contribution is 0.0653. The van der Waals surface area contributed by atoms with Crippen LogP contribution in [0.2, 0.25) is 0 Å². The van der Waals surface area contributed by atoms with Gasteiger partial charge in [-0.1, -0.05) is 18.2 Å². The van der Waals surface area contributed by atoms with Gasteiger partial charge in [-0.15, -0.1) is 0 Å². The molecule has 0 amide bonds. The summed E-state index contributed by atoms with van der Waals surface area (Å²) in [5.74, 6) is 0.538. The maximum Gasteiger partial charge on any atom is 0.123 e. The molecular formula is C20H26FNO2. The largest absolute Gasteiger partial charge is 0.491 e. The highest BCUT2D eigenvalue weighted by molar-refractivity contribution is 5.33. The van der Waals surface area contributed by atoms with Crippen LogP contribution in [0.4, 0.5) is 4.39 Å². The molecule has 0 aromatic heterocycles. The third-order valence-electron chi connectivity index (χ3n) is 4.15. The summed E-state index contributed by atoms with van der Waals surface area (Å²) in [7, 11) is 1.94.